The van der Waals surface area contributed by atoms with Crippen LogP contribution in [-0.4, -0.2) is 34.3 Å². The zero-order valence-electron chi connectivity index (χ0n) is 12.8. The van der Waals surface area contributed by atoms with Gasteiger partial charge in [0.1, 0.15) is 17.5 Å². The van der Waals surface area contributed by atoms with Crippen LogP contribution >= 0.6 is 0 Å². The van der Waals surface area contributed by atoms with Gasteiger partial charge in [0.2, 0.25) is 0 Å². The van der Waals surface area contributed by atoms with Gasteiger partial charge in [0.25, 0.3) is 0 Å². The highest BCUT2D eigenvalue weighted by Gasteiger charge is 2.32. The van der Waals surface area contributed by atoms with Crippen LogP contribution in [0.2, 0.25) is 0 Å². The maximum atomic E-state index is 9.83. The van der Waals surface area contributed by atoms with Crippen LogP contribution in [0.4, 0.5) is 11.6 Å². The fourth-order valence-electron chi connectivity index (χ4n) is 2.89. The predicted octanol–water partition coefficient (Wildman–Crippen LogP) is 2.50. The number of nitrogens with one attached hydrogen (secondary N) is 2. The summed E-state index contributed by atoms with van der Waals surface area (Å²) in [6.07, 6.45) is 6.39. The van der Waals surface area contributed by atoms with Gasteiger partial charge in [-0.05, 0) is 19.8 Å². The standard InChI is InChI=1S/C15H26N4O/c1-4-12-17-13(16-3)11(2)14(18-12)19-15(10-20)8-6-5-7-9-15/h20H,4-10H2,1-3H3,(H2,16,17,18,19). The number of rotatable bonds is 5. The fraction of sp³-hybridized carbons (Fsp3) is 0.733. The monoisotopic (exact) mass is 278 g/mol. The Morgan fingerprint density at radius 3 is 2.35 bits per heavy atom. The SMILES string of the molecule is CCc1nc(NC)c(C)c(NC2(CO)CCCCC2)n1. The average Bonchev–Trinajstić information content (AvgIpc) is 2.50. The van der Waals surface area contributed by atoms with Gasteiger partial charge < -0.3 is 15.7 Å². The Morgan fingerprint density at radius 2 is 1.80 bits per heavy atom. The van der Waals surface area contributed by atoms with Crippen molar-refractivity contribution in [1.82, 2.24) is 9.97 Å². The lowest BCUT2D eigenvalue weighted by atomic mass is 9.82. The van der Waals surface area contributed by atoms with E-state index in [4.69, 9.17) is 0 Å². The third kappa shape index (κ3) is 3.03. The molecule has 0 bridgehead atoms. The van der Waals surface area contributed by atoms with E-state index in [9.17, 15) is 5.11 Å². The topological polar surface area (TPSA) is 70.1 Å². The second-order valence-electron chi connectivity index (χ2n) is 5.69. The Kier molecular flexibility index (Phi) is 4.81. The highest BCUT2D eigenvalue weighted by molar-refractivity contribution is 5.58. The molecule has 0 aromatic carbocycles. The van der Waals surface area contributed by atoms with Gasteiger partial charge in [-0.25, -0.2) is 9.97 Å². The normalized spacial score (nSPS) is 17.8. The molecule has 0 atom stereocenters. The molecule has 112 valence electrons. The van der Waals surface area contributed by atoms with Crippen LogP contribution in [0.25, 0.3) is 0 Å². The molecule has 1 heterocycles. The molecule has 0 amide bonds. The van der Waals surface area contributed by atoms with E-state index < -0.39 is 0 Å². The first-order chi connectivity index (χ1) is 9.64. The minimum Gasteiger partial charge on any atom is -0.394 e. The van der Waals surface area contributed by atoms with Gasteiger partial charge in [-0.1, -0.05) is 26.2 Å². The third-order valence-corrected chi connectivity index (χ3v) is 4.24. The molecule has 2 rings (SSSR count). The molecule has 1 aliphatic rings. The molecule has 1 fully saturated rings. The Morgan fingerprint density at radius 1 is 1.15 bits per heavy atom. The van der Waals surface area contributed by atoms with E-state index in [2.05, 4.69) is 27.5 Å². The van der Waals surface area contributed by atoms with E-state index in [-0.39, 0.29) is 12.1 Å². The summed E-state index contributed by atoms with van der Waals surface area (Å²) >= 11 is 0. The zero-order valence-corrected chi connectivity index (χ0v) is 12.8. The third-order valence-electron chi connectivity index (χ3n) is 4.24. The minimum absolute atomic E-state index is 0.160. The number of aryl methyl sites for hydroxylation is 1. The number of aliphatic hydroxyl groups is 1. The number of hydrogen-bond donors (Lipinski definition) is 3. The summed E-state index contributed by atoms with van der Waals surface area (Å²) in [5.74, 6) is 2.55. The van der Waals surface area contributed by atoms with Crippen molar-refractivity contribution in [2.24, 2.45) is 0 Å². The molecule has 0 radical (unpaired) electrons. The quantitative estimate of drug-likeness (QED) is 0.772. The molecule has 1 aromatic rings. The van der Waals surface area contributed by atoms with Crippen LogP contribution < -0.4 is 10.6 Å². The average molecular weight is 278 g/mol. The van der Waals surface area contributed by atoms with Crippen LogP contribution in [-0.2, 0) is 6.42 Å². The van der Waals surface area contributed by atoms with Crippen LogP contribution in [0, 0.1) is 6.92 Å². The van der Waals surface area contributed by atoms with Crippen LogP contribution in [0.1, 0.15) is 50.4 Å². The first kappa shape index (κ1) is 15.0. The van der Waals surface area contributed by atoms with E-state index in [0.29, 0.717) is 0 Å². The van der Waals surface area contributed by atoms with Crippen molar-refractivity contribution in [2.75, 3.05) is 24.3 Å². The van der Waals surface area contributed by atoms with Crippen molar-refractivity contribution in [3.63, 3.8) is 0 Å². The molecule has 5 heteroatoms. The van der Waals surface area contributed by atoms with Gasteiger partial charge in [-0.15, -0.1) is 0 Å². The summed E-state index contributed by atoms with van der Waals surface area (Å²) < 4.78 is 0. The van der Waals surface area contributed by atoms with E-state index in [1.807, 2.05) is 14.0 Å². The van der Waals surface area contributed by atoms with E-state index in [1.165, 1.54) is 6.42 Å². The van der Waals surface area contributed by atoms with Gasteiger partial charge >= 0.3 is 0 Å². The Balaban J connectivity index is 2.31. The first-order valence-electron chi connectivity index (χ1n) is 7.58. The van der Waals surface area contributed by atoms with Crippen LogP contribution in [0.5, 0.6) is 0 Å². The number of anilines is 2. The molecule has 5 nitrogen and oxygen atoms in total. The summed E-state index contributed by atoms with van der Waals surface area (Å²) in [6.45, 7) is 4.23. The van der Waals surface area contributed by atoms with Crippen molar-refractivity contribution in [1.29, 1.82) is 0 Å². The lowest BCUT2D eigenvalue weighted by molar-refractivity contribution is 0.172. The molecule has 0 aliphatic heterocycles. The molecule has 0 saturated heterocycles. The second-order valence-corrected chi connectivity index (χ2v) is 5.69. The minimum atomic E-state index is -0.215. The maximum Gasteiger partial charge on any atom is 0.135 e. The molecule has 1 saturated carbocycles. The summed E-state index contributed by atoms with van der Waals surface area (Å²) in [5, 5.41) is 16.5. The van der Waals surface area contributed by atoms with Crippen molar-refractivity contribution in [3.05, 3.63) is 11.4 Å². The molecular weight excluding hydrogens is 252 g/mol. The first-order valence-corrected chi connectivity index (χ1v) is 7.58. The van der Waals surface area contributed by atoms with E-state index in [0.717, 1.165) is 55.1 Å². The molecule has 0 unspecified atom stereocenters. The summed E-state index contributed by atoms with van der Waals surface area (Å²) in [4.78, 5) is 9.10. The van der Waals surface area contributed by atoms with Crippen molar-refractivity contribution in [2.45, 2.75) is 57.9 Å². The summed E-state index contributed by atoms with van der Waals surface area (Å²) in [7, 11) is 1.88. The molecule has 20 heavy (non-hydrogen) atoms. The summed E-state index contributed by atoms with van der Waals surface area (Å²) in [5.41, 5.74) is 0.802. The highest BCUT2D eigenvalue weighted by Crippen LogP contribution is 2.32. The summed E-state index contributed by atoms with van der Waals surface area (Å²) in [6, 6.07) is 0. The van der Waals surface area contributed by atoms with Crippen LogP contribution in [0.15, 0.2) is 0 Å². The van der Waals surface area contributed by atoms with Gasteiger partial charge in [-0.2, -0.15) is 0 Å². The van der Waals surface area contributed by atoms with Crippen molar-refractivity contribution in [3.8, 4) is 0 Å². The van der Waals surface area contributed by atoms with E-state index >= 15 is 0 Å². The van der Waals surface area contributed by atoms with Gasteiger partial charge in [0, 0.05) is 19.0 Å². The molecule has 1 aromatic heterocycles. The van der Waals surface area contributed by atoms with Gasteiger partial charge in [0.15, 0.2) is 0 Å². The fourth-order valence-corrected chi connectivity index (χ4v) is 2.89. The number of nitrogens with zero attached hydrogens (tertiary/aromatic N) is 2. The number of aromatic nitrogens is 2. The largest absolute Gasteiger partial charge is 0.394 e. The van der Waals surface area contributed by atoms with Gasteiger partial charge in [-0.3, -0.25) is 0 Å². The maximum absolute atomic E-state index is 9.83. The van der Waals surface area contributed by atoms with Crippen LogP contribution in [0.3, 0.4) is 0 Å². The highest BCUT2D eigenvalue weighted by atomic mass is 16.3. The molecule has 1 aliphatic carbocycles. The predicted molar refractivity (Wildman–Crippen MR) is 82.2 cm³/mol. The molecular formula is C15H26N4O. The van der Waals surface area contributed by atoms with E-state index in [1.54, 1.807) is 0 Å². The Labute approximate surface area is 121 Å². The van der Waals surface area contributed by atoms with Gasteiger partial charge in [0.05, 0.1) is 12.1 Å². The second kappa shape index (κ2) is 6.39. The molecule has 3 N–H and O–H groups in total. The Hall–Kier alpha value is -1.36. The van der Waals surface area contributed by atoms with Crippen molar-refractivity contribution < 1.29 is 5.11 Å². The number of hydrogen-bond acceptors (Lipinski definition) is 5. The lowest BCUT2D eigenvalue weighted by Gasteiger charge is -2.37. The Bertz CT molecular complexity index is 455. The molecule has 0 spiro atoms. The van der Waals surface area contributed by atoms with Crippen molar-refractivity contribution >= 4 is 11.6 Å². The smallest absolute Gasteiger partial charge is 0.135 e. The lowest BCUT2D eigenvalue weighted by Crippen LogP contribution is -2.44. The number of aliphatic hydroxyl groups excluding tert-OH is 1. The zero-order chi connectivity index (χ0) is 14.6.